The van der Waals surface area contributed by atoms with E-state index in [1.54, 1.807) is 30.3 Å². The molecule has 0 unspecified atom stereocenters. The summed E-state index contributed by atoms with van der Waals surface area (Å²) in [5.41, 5.74) is 1.05. The van der Waals surface area contributed by atoms with Crippen LogP contribution in [0.1, 0.15) is 5.56 Å². The summed E-state index contributed by atoms with van der Waals surface area (Å²) in [7, 11) is 0. The van der Waals surface area contributed by atoms with Gasteiger partial charge in [0.2, 0.25) is 0 Å². The van der Waals surface area contributed by atoms with Crippen molar-refractivity contribution in [1.82, 2.24) is 10.2 Å². The normalized spacial score (nSPS) is 17.2. The lowest BCUT2D eigenvalue weighted by Gasteiger charge is -2.06. The Labute approximate surface area is 110 Å². The molecule has 4 nitrogen and oxygen atoms in total. The quantitative estimate of drug-likeness (QED) is 0.517. The molecule has 0 atom stereocenters. The Morgan fingerprint density at radius 2 is 1.94 bits per heavy atom. The van der Waals surface area contributed by atoms with Crippen LogP contribution in [0.3, 0.4) is 0 Å². The maximum Gasteiger partial charge on any atom is 0.329 e. The molecule has 5 heteroatoms. The lowest BCUT2D eigenvalue weighted by atomic mass is 10.2. The summed E-state index contributed by atoms with van der Waals surface area (Å²) in [6.07, 6.45) is 3.11. The Morgan fingerprint density at radius 3 is 2.56 bits per heavy atom. The second kappa shape index (κ2) is 5.06. The summed E-state index contributed by atoms with van der Waals surface area (Å²) in [6.45, 7) is 3.70. The number of nitrogens with one attached hydrogen (secondary N) is 1. The van der Waals surface area contributed by atoms with Crippen LogP contribution < -0.4 is 5.32 Å². The average molecular weight is 263 g/mol. The van der Waals surface area contributed by atoms with E-state index < -0.39 is 6.03 Å². The first-order valence-corrected chi connectivity index (χ1v) is 5.70. The summed E-state index contributed by atoms with van der Waals surface area (Å²) >= 11 is 5.77. The van der Waals surface area contributed by atoms with Crippen LogP contribution in [0.15, 0.2) is 42.6 Å². The molecular formula is C13H11ClN2O2. The molecule has 1 aliphatic heterocycles. The highest BCUT2D eigenvalue weighted by atomic mass is 35.5. The molecular weight excluding hydrogens is 252 g/mol. The Morgan fingerprint density at radius 1 is 1.28 bits per heavy atom. The predicted molar refractivity (Wildman–Crippen MR) is 69.9 cm³/mol. The maximum atomic E-state index is 11.9. The minimum atomic E-state index is -0.430. The molecule has 1 aromatic carbocycles. The summed E-state index contributed by atoms with van der Waals surface area (Å²) < 4.78 is 0. The average Bonchev–Trinajstić information content (AvgIpc) is 2.60. The molecule has 0 radical (unpaired) electrons. The fraction of sp³-hybridized carbons (Fsp3) is 0.0769. The zero-order valence-electron chi connectivity index (χ0n) is 9.52. The monoisotopic (exact) mass is 262 g/mol. The SMILES string of the molecule is C=CCN1C(=O)N/C(=C\c2ccc(Cl)cc2)C1=O. The van der Waals surface area contributed by atoms with Gasteiger partial charge in [-0.1, -0.05) is 29.8 Å². The molecule has 2 rings (SSSR count). The van der Waals surface area contributed by atoms with Crippen LogP contribution >= 0.6 is 11.6 Å². The first-order chi connectivity index (χ1) is 8.61. The standard InChI is InChI=1S/C13H11ClN2O2/c1-2-7-16-12(17)11(15-13(16)18)8-9-3-5-10(14)6-4-9/h2-6,8H,1,7H2,(H,15,18)/b11-8-. The number of hydrogen-bond donors (Lipinski definition) is 1. The van der Waals surface area contributed by atoms with E-state index in [1.807, 2.05) is 0 Å². The van der Waals surface area contributed by atoms with E-state index in [0.717, 1.165) is 10.5 Å². The largest absolute Gasteiger partial charge is 0.329 e. The van der Waals surface area contributed by atoms with Gasteiger partial charge in [-0.25, -0.2) is 4.79 Å². The molecule has 0 spiro atoms. The van der Waals surface area contributed by atoms with Crippen LogP contribution in [0.4, 0.5) is 4.79 Å². The Bertz CT molecular complexity index is 534. The molecule has 3 amide bonds. The summed E-state index contributed by atoms with van der Waals surface area (Å²) in [6, 6.07) is 6.55. The van der Waals surface area contributed by atoms with Crippen molar-refractivity contribution in [3.05, 3.63) is 53.2 Å². The van der Waals surface area contributed by atoms with Crippen LogP contribution in [-0.4, -0.2) is 23.4 Å². The molecule has 1 fully saturated rings. The number of carbonyl (C=O) groups is 2. The highest BCUT2D eigenvalue weighted by Gasteiger charge is 2.32. The van der Waals surface area contributed by atoms with Crippen LogP contribution in [-0.2, 0) is 4.79 Å². The first kappa shape index (κ1) is 12.4. The van der Waals surface area contributed by atoms with Gasteiger partial charge < -0.3 is 5.32 Å². The van der Waals surface area contributed by atoms with Gasteiger partial charge in [0.05, 0.1) is 0 Å². The number of nitrogens with zero attached hydrogens (tertiary/aromatic N) is 1. The van der Waals surface area contributed by atoms with Gasteiger partial charge in [0, 0.05) is 11.6 Å². The third-order valence-electron chi connectivity index (χ3n) is 2.45. The number of hydrogen-bond acceptors (Lipinski definition) is 2. The second-order valence-electron chi connectivity index (χ2n) is 3.74. The summed E-state index contributed by atoms with van der Waals surface area (Å²) in [5, 5.41) is 3.14. The van der Waals surface area contributed by atoms with Gasteiger partial charge >= 0.3 is 6.03 Å². The third-order valence-corrected chi connectivity index (χ3v) is 2.71. The molecule has 0 saturated carbocycles. The number of halogens is 1. The van der Waals surface area contributed by atoms with Crippen molar-refractivity contribution in [3.8, 4) is 0 Å². The van der Waals surface area contributed by atoms with E-state index in [0.29, 0.717) is 5.02 Å². The third kappa shape index (κ3) is 2.43. The van der Waals surface area contributed by atoms with Crippen molar-refractivity contribution in [2.24, 2.45) is 0 Å². The fourth-order valence-corrected chi connectivity index (χ4v) is 1.72. The van der Waals surface area contributed by atoms with Gasteiger partial charge in [-0.05, 0) is 23.8 Å². The van der Waals surface area contributed by atoms with Crippen molar-refractivity contribution >= 4 is 29.6 Å². The minimum absolute atomic E-state index is 0.197. The molecule has 92 valence electrons. The maximum absolute atomic E-state index is 11.9. The van der Waals surface area contributed by atoms with Crippen LogP contribution in [0.5, 0.6) is 0 Å². The van der Waals surface area contributed by atoms with Gasteiger partial charge in [-0.2, -0.15) is 0 Å². The van der Waals surface area contributed by atoms with Crippen molar-refractivity contribution in [2.45, 2.75) is 0 Å². The number of carbonyl (C=O) groups excluding carboxylic acids is 2. The first-order valence-electron chi connectivity index (χ1n) is 5.33. The van der Waals surface area contributed by atoms with Crippen molar-refractivity contribution < 1.29 is 9.59 Å². The second-order valence-corrected chi connectivity index (χ2v) is 4.18. The van der Waals surface area contributed by atoms with Gasteiger partial charge in [0.25, 0.3) is 5.91 Å². The fourth-order valence-electron chi connectivity index (χ4n) is 1.59. The smallest absolute Gasteiger partial charge is 0.303 e. The highest BCUT2D eigenvalue weighted by molar-refractivity contribution is 6.30. The lowest BCUT2D eigenvalue weighted by molar-refractivity contribution is -0.122. The summed E-state index contributed by atoms with van der Waals surface area (Å²) in [5.74, 6) is -0.352. The molecule has 0 aliphatic carbocycles. The van der Waals surface area contributed by atoms with Crippen LogP contribution in [0, 0.1) is 0 Å². The van der Waals surface area contributed by atoms with Gasteiger partial charge in [-0.3, -0.25) is 9.69 Å². The molecule has 18 heavy (non-hydrogen) atoms. The predicted octanol–water partition coefficient (Wildman–Crippen LogP) is 2.42. The number of amides is 3. The number of imide groups is 1. The molecule has 1 heterocycles. The van der Waals surface area contributed by atoms with Crippen molar-refractivity contribution in [3.63, 3.8) is 0 Å². The van der Waals surface area contributed by atoms with Gasteiger partial charge in [-0.15, -0.1) is 6.58 Å². The van der Waals surface area contributed by atoms with Crippen LogP contribution in [0.25, 0.3) is 6.08 Å². The Kier molecular flexibility index (Phi) is 3.48. The van der Waals surface area contributed by atoms with E-state index >= 15 is 0 Å². The molecule has 1 N–H and O–H groups in total. The van der Waals surface area contributed by atoms with E-state index in [2.05, 4.69) is 11.9 Å². The number of rotatable bonds is 3. The van der Waals surface area contributed by atoms with Crippen molar-refractivity contribution in [1.29, 1.82) is 0 Å². The molecule has 0 aromatic heterocycles. The van der Waals surface area contributed by atoms with Gasteiger partial charge in [0.15, 0.2) is 0 Å². The van der Waals surface area contributed by atoms with Crippen molar-refractivity contribution in [2.75, 3.05) is 6.54 Å². The van der Waals surface area contributed by atoms with Gasteiger partial charge in [0.1, 0.15) is 5.70 Å². The van der Waals surface area contributed by atoms with E-state index in [-0.39, 0.29) is 18.1 Å². The van der Waals surface area contributed by atoms with E-state index in [9.17, 15) is 9.59 Å². The zero-order valence-corrected chi connectivity index (χ0v) is 10.3. The Balaban J connectivity index is 2.24. The lowest BCUT2D eigenvalue weighted by Crippen LogP contribution is -2.30. The van der Waals surface area contributed by atoms with Crippen LogP contribution in [0.2, 0.25) is 5.02 Å². The Hall–Kier alpha value is -2.07. The van der Waals surface area contributed by atoms with E-state index in [4.69, 9.17) is 11.6 Å². The minimum Gasteiger partial charge on any atom is -0.303 e. The summed E-state index contributed by atoms with van der Waals surface area (Å²) in [4.78, 5) is 24.5. The molecule has 1 saturated heterocycles. The number of benzene rings is 1. The topological polar surface area (TPSA) is 49.4 Å². The zero-order chi connectivity index (χ0) is 13.1. The van der Waals surface area contributed by atoms with E-state index in [1.165, 1.54) is 6.08 Å². The number of urea groups is 1. The molecule has 1 aliphatic rings. The highest BCUT2D eigenvalue weighted by Crippen LogP contribution is 2.15. The molecule has 0 bridgehead atoms. The molecule has 1 aromatic rings.